The zero-order chi connectivity index (χ0) is 22.5. The molecular formula is C25H30N2O4S. The van der Waals surface area contributed by atoms with Crippen LogP contribution in [0.5, 0.6) is 5.75 Å². The lowest BCUT2D eigenvalue weighted by atomic mass is 9.84. The Morgan fingerprint density at radius 3 is 2.62 bits per heavy atom. The maximum Gasteiger partial charge on any atom is 0.241 e. The van der Waals surface area contributed by atoms with Gasteiger partial charge in [-0.2, -0.15) is 0 Å². The van der Waals surface area contributed by atoms with Crippen LogP contribution >= 0.6 is 0 Å². The summed E-state index contributed by atoms with van der Waals surface area (Å²) < 4.78 is 36.1. The Morgan fingerprint density at radius 1 is 1.16 bits per heavy atom. The van der Waals surface area contributed by atoms with Gasteiger partial charge in [0.15, 0.2) is 0 Å². The molecule has 1 saturated carbocycles. The standard InChI is InChI=1S/C25H30N2O4S/c1-3-25(4-2)16-21(20-7-5-6-8-23(20)31-25)26-32(29,30)19-11-12-22-18(15-19)13-14-27(22)24(28)17-9-10-17/h5-8,11-12,15,17,21,26H,3-4,9-10,13-14,16H2,1-2H3/t21-/m0/s1. The Kier molecular flexibility index (Phi) is 5.29. The highest BCUT2D eigenvalue weighted by Crippen LogP contribution is 2.43. The van der Waals surface area contributed by atoms with Gasteiger partial charge in [0, 0.05) is 30.1 Å². The van der Waals surface area contributed by atoms with Crippen molar-refractivity contribution in [3.05, 3.63) is 53.6 Å². The molecule has 0 spiro atoms. The number of carbonyl (C=O) groups excluding carboxylic acids is 1. The molecule has 0 saturated heterocycles. The van der Waals surface area contributed by atoms with Crippen LogP contribution in [-0.2, 0) is 21.2 Å². The Balaban J connectivity index is 1.43. The molecule has 0 unspecified atom stereocenters. The van der Waals surface area contributed by atoms with E-state index in [9.17, 15) is 13.2 Å². The highest BCUT2D eigenvalue weighted by atomic mass is 32.2. The summed E-state index contributed by atoms with van der Waals surface area (Å²) in [6.07, 6.45) is 4.81. The molecule has 7 heteroatoms. The number of benzene rings is 2. The molecule has 2 aliphatic heterocycles. The third-order valence-corrected chi connectivity index (χ3v) is 8.70. The highest BCUT2D eigenvalue weighted by molar-refractivity contribution is 7.89. The predicted octanol–water partition coefficient (Wildman–Crippen LogP) is 4.35. The SMILES string of the molecule is CCC1(CC)C[C@H](NS(=O)(=O)c2ccc3c(c2)CCN3C(=O)C2CC2)c2ccccc2O1. The molecule has 1 atom stereocenters. The molecule has 3 aliphatic rings. The molecule has 1 N–H and O–H groups in total. The van der Waals surface area contributed by atoms with Gasteiger partial charge < -0.3 is 9.64 Å². The van der Waals surface area contributed by atoms with E-state index in [0.29, 0.717) is 19.4 Å². The largest absolute Gasteiger partial charge is 0.487 e. The summed E-state index contributed by atoms with van der Waals surface area (Å²) in [4.78, 5) is 14.6. The second kappa shape index (κ2) is 7.89. The number of anilines is 1. The summed E-state index contributed by atoms with van der Waals surface area (Å²) in [6.45, 7) is 4.79. The van der Waals surface area contributed by atoms with Crippen molar-refractivity contribution in [2.24, 2.45) is 5.92 Å². The maximum atomic E-state index is 13.4. The normalized spacial score (nSPS) is 21.6. The quantitative estimate of drug-likeness (QED) is 0.704. The van der Waals surface area contributed by atoms with Crippen LogP contribution in [0, 0.1) is 5.92 Å². The molecule has 1 fully saturated rings. The van der Waals surface area contributed by atoms with E-state index >= 15 is 0 Å². The molecule has 1 aliphatic carbocycles. The third-order valence-electron chi connectivity index (χ3n) is 7.23. The molecular weight excluding hydrogens is 424 g/mol. The van der Waals surface area contributed by atoms with Crippen molar-refractivity contribution in [3.63, 3.8) is 0 Å². The van der Waals surface area contributed by atoms with E-state index in [-0.39, 0.29) is 28.4 Å². The first kappa shape index (κ1) is 21.5. The van der Waals surface area contributed by atoms with E-state index < -0.39 is 10.0 Å². The summed E-state index contributed by atoms with van der Waals surface area (Å²) in [5.74, 6) is 1.07. The zero-order valence-electron chi connectivity index (χ0n) is 18.6. The molecule has 6 nitrogen and oxygen atoms in total. The van der Waals surface area contributed by atoms with Gasteiger partial charge in [-0.25, -0.2) is 13.1 Å². The van der Waals surface area contributed by atoms with Crippen LogP contribution in [0.3, 0.4) is 0 Å². The van der Waals surface area contributed by atoms with Gasteiger partial charge in [0.2, 0.25) is 15.9 Å². The molecule has 5 rings (SSSR count). The average Bonchev–Trinajstić information content (AvgIpc) is 3.57. The van der Waals surface area contributed by atoms with Crippen molar-refractivity contribution in [3.8, 4) is 5.75 Å². The van der Waals surface area contributed by atoms with Crippen LogP contribution in [0.4, 0.5) is 5.69 Å². The number of amides is 1. The number of fused-ring (bicyclic) bond motifs is 2. The number of sulfonamides is 1. The summed E-state index contributed by atoms with van der Waals surface area (Å²) in [5, 5.41) is 0. The van der Waals surface area contributed by atoms with E-state index in [1.807, 2.05) is 29.2 Å². The number of rotatable bonds is 6. The van der Waals surface area contributed by atoms with E-state index in [2.05, 4.69) is 18.6 Å². The Morgan fingerprint density at radius 2 is 1.91 bits per heavy atom. The monoisotopic (exact) mass is 454 g/mol. The first-order valence-electron chi connectivity index (χ1n) is 11.6. The van der Waals surface area contributed by atoms with E-state index in [4.69, 9.17) is 4.74 Å². The molecule has 2 aromatic carbocycles. The van der Waals surface area contributed by atoms with E-state index in [1.54, 1.807) is 18.2 Å². The lowest BCUT2D eigenvalue weighted by Gasteiger charge is -2.41. The van der Waals surface area contributed by atoms with Crippen molar-refractivity contribution in [2.45, 2.75) is 68.9 Å². The fourth-order valence-corrected chi connectivity index (χ4v) is 6.25. The van der Waals surface area contributed by atoms with Gasteiger partial charge in [-0.05, 0) is 61.9 Å². The number of nitrogens with one attached hydrogen (secondary N) is 1. The second-order valence-corrected chi connectivity index (χ2v) is 10.9. The molecule has 1 amide bonds. The lowest BCUT2D eigenvalue weighted by molar-refractivity contribution is -0.119. The first-order valence-corrected chi connectivity index (χ1v) is 13.1. The average molecular weight is 455 g/mol. The molecule has 170 valence electrons. The molecule has 2 heterocycles. The van der Waals surface area contributed by atoms with Gasteiger partial charge in [0.1, 0.15) is 11.4 Å². The molecule has 0 bridgehead atoms. The minimum absolute atomic E-state index is 0.150. The number of para-hydroxylation sites is 1. The summed E-state index contributed by atoms with van der Waals surface area (Å²) in [6, 6.07) is 12.5. The van der Waals surface area contributed by atoms with Crippen LogP contribution in [0.15, 0.2) is 47.4 Å². The van der Waals surface area contributed by atoms with Crippen LogP contribution < -0.4 is 14.4 Å². The lowest BCUT2D eigenvalue weighted by Crippen LogP contribution is -2.44. The van der Waals surface area contributed by atoms with Gasteiger partial charge in [-0.1, -0.05) is 32.0 Å². The summed E-state index contributed by atoms with van der Waals surface area (Å²) in [7, 11) is -3.74. The van der Waals surface area contributed by atoms with Crippen molar-refractivity contribution in [1.29, 1.82) is 0 Å². The molecule has 0 radical (unpaired) electrons. The third kappa shape index (κ3) is 3.71. The number of carbonyl (C=O) groups is 1. The molecule has 2 aromatic rings. The van der Waals surface area contributed by atoms with Gasteiger partial charge in [0.25, 0.3) is 0 Å². The van der Waals surface area contributed by atoms with Crippen molar-refractivity contribution >= 4 is 21.6 Å². The Labute approximate surface area is 190 Å². The topological polar surface area (TPSA) is 75.7 Å². The minimum Gasteiger partial charge on any atom is -0.487 e. The van der Waals surface area contributed by atoms with Gasteiger partial charge >= 0.3 is 0 Å². The maximum absolute atomic E-state index is 13.4. The summed E-state index contributed by atoms with van der Waals surface area (Å²) in [5.41, 5.74) is 2.26. The van der Waals surface area contributed by atoms with Crippen molar-refractivity contribution in [2.75, 3.05) is 11.4 Å². The fraction of sp³-hybridized carbons (Fsp3) is 0.480. The van der Waals surface area contributed by atoms with Gasteiger partial charge in [-0.3, -0.25) is 4.79 Å². The molecule has 32 heavy (non-hydrogen) atoms. The van der Waals surface area contributed by atoms with Crippen LogP contribution in [-0.4, -0.2) is 26.5 Å². The number of nitrogens with zero attached hydrogens (tertiary/aromatic N) is 1. The van der Waals surface area contributed by atoms with Crippen molar-refractivity contribution < 1.29 is 17.9 Å². The fourth-order valence-electron chi connectivity index (χ4n) is 4.99. The highest BCUT2D eigenvalue weighted by Gasteiger charge is 2.40. The Bertz CT molecular complexity index is 1150. The zero-order valence-corrected chi connectivity index (χ0v) is 19.5. The van der Waals surface area contributed by atoms with Crippen LogP contribution in [0.25, 0.3) is 0 Å². The number of ether oxygens (including phenoxy) is 1. The van der Waals surface area contributed by atoms with Crippen LogP contribution in [0.1, 0.15) is 63.1 Å². The number of hydrogen-bond acceptors (Lipinski definition) is 4. The van der Waals surface area contributed by atoms with E-state index in [0.717, 1.165) is 48.2 Å². The van der Waals surface area contributed by atoms with Gasteiger partial charge in [-0.15, -0.1) is 0 Å². The minimum atomic E-state index is -3.74. The van der Waals surface area contributed by atoms with Crippen LogP contribution in [0.2, 0.25) is 0 Å². The second-order valence-electron chi connectivity index (χ2n) is 9.21. The predicted molar refractivity (Wildman–Crippen MR) is 123 cm³/mol. The number of hydrogen-bond donors (Lipinski definition) is 1. The molecule has 0 aromatic heterocycles. The smallest absolute Gasteiger partial charge is 0.241 e. The first-order chi connectivity index (χ1) is 15.4. The van der Waals surface area contributed by atoms with Gasteiger partial charge in [0.05, 0.1) is 10.9 Å². The van der Waals surface area contributed by atoms with Crippen molar-refractivity contribution in [1.82, 2.24) is 4.72 Å². The Hall–Kier alpha value is -2.38. The van der Waals surface area contributed by atoms with E-state index in [1.165, 1.54) is 0 Å². The summed E-state index contributed by atoms with van der Waals surface area (Å²) >= 11 is 0.